The predicted octanol–water partition coefficient (Wildman–Crippen LogP) is 1.95. The monoisotopic (exact) mass is 201 g/mol. The average Bonchev–Trinajstić information content (AvgIpc) is 2.10. The van der Waals surface area contributed by atoms with Crippen molar-refractivity contribution in [1.29, 1.82) is 0 Å². The van der Waals surface area contributed by atoms with Crippen LogP contribution in [0.15, 0.2) is 0 Å². The Morgan fingerprint density at radius 2 is 1.71 bits per heavy atom. The number of rotatable bonds is 2. The molecule has 5 atom stereocenters. The van der Waals surface area contributed by atoms with Gasteiger partial charge in [-0.1, -0.05) is 13.8 Å². The molecule has 0 radical (unpaired) electrons. The molecule has 1 rings (SSSR count). The predicted molar refractivity (Wildman–Crippen MR) is 54.3 cm³/mol. The summed E-state index contributed by atoms with van der Waals surface area (Å²) in [5, 5.41) is 9.91. The molecule has 0 saturated carbocycles. The molecule has 0 aromatic carbocycles. The lowest BCUT2D eigenvalue weighted by Crippen LogP contribution is -2.49. The maximum Gasteiger partial charge on any atom is 0.238 e. The van der Waals surface area contributed by atoms with Gasteiger partial charge in [0.15, 0.2) is 0 Å². The first-order chi connectivity index (χ1) is 6.43. The molecule has 3 nitrogen and oxygen atoms in total. The van der Waals surface area contributed by atoms with Crippen LogP contribution in [0.5, 0.6) is 0 Å². The van der Waals surface area contributed by atoms with Crippen molar-refractivity contribution in [3.05, 3.63) is 6.10 Å². The molecule has 14 heavy (non-hydrogen) atoms. The molecule has 0 amide bonds. The average molecular weight is 201 g/mol. The van der Waals surface area contributed by atoms with E-state index < -0.39 is 12.4 Å². The first kappa shape index (κ1) is 11.8. The highest BCUT2D eigenvalue weighted by atomic mass is 16.7. The molecule has 2 unspecified atom stereocenters. The van der Waals surface area contributed by atoms with Gasteiger partial charge < -0.3 is 9.84 Å². The number of hydrogen-bond acceptors (Lipinski definition) is 3. The lowest BCUT2D eigenvalue weighted by Gasteiger charge is -2.39. The van der Waals surface area contributed by atoms with Crippen molar-refractivity contribution in [2.45, 2.75) is 53.1 Å². The van der Waals surface area contributed by atoms with Crippen molar-refractivity contribution in [1.82, 2.24) is 0 Å². The fourth-order valence-electron chi connectivity index (χ4n) is 1.73. The van der Waals surface area contributed by atoms with E-state index in [2.05, 4.69) is 6.92 Å². The van der Waals surface area contributed by atoms with E-state index in [1.807, 2.05) is 27.7 Å². The van der Waals surface area contributed by atoms with Crippen LogP contribution in [0.1, 0.15) is 34.6 Å². The number of aliphatic hydroxyl groups is 1. The highest BCUT2D eigenvalue weighted by Gasteiger charge is 2.41. The zero-order chi connectivity index (χ0) is 10.9. The van der Waals surface area contributed by atoms with Gasteiger partial charge in [-0.15, -0.1) is 0 Å². The molecule has 82 valence electrons. The molecule has 3 heteroatoms. The molecule has 0 aliphatic carbocycles. The van der Waals surface area contributed by atoms with E-state index in [0.29, 0.717) is 5.92 Å². The molecule has 1 saturated heterocycles. The molecule has 0 bridgehead atoms. The van der Waals surface area contributed by atoms with Crippen LogP contribution < -0.4 is 0 Å². The second kappa shape index (κ2) is 4.51. The third kappa shape index (κ3) is 2.41. The van der Waals surface area contributed by atoms with E-state index in [4.69, 9.17) is 9.47 Å². The van der Waals surface area contributed by atoms with Crippen molar-refractivity contribution in [2.75, 3.05) is 0 Å². The summed E-state index contributed by atoms with van der Waals surface area (Å²) in [6.07, 6.45) is -0.0712. The van der Waals surface area contributed by atoms with Crippen molar-refractivity contribution >= 4 is 0 Å². The Balaban J connectivity index is 2.60. The normalized spacial score (nSPS) is 43.7. The number of ether oxygens (including phenoxy) is 2. The van der Waals surface area contributed by atoms with Crippen LogP contribution in [0.4, 0.5) is 0 Å². The van der Waals surface area contributed by atoms with Gasteiger partial charge in [-0.3, -0.25) is 0 Å². The summed E-state index contributed by atoms with van der Waals surface area (Å²) in [6, 6.07) is 0. The molecular formula is C11H21O3+. The molecular weight excluding hydrogens is 180 g/mol. The highest BCUT2D eigenvalue weighted by Crippen LogP contribution is 2.31. The Hall–Kier alpha value is -0.250. The van der Waals surface area contributed by atoms with Crippen LogP contribution in [-0.2, 0) is 9.47 Å². The van der Waals surface area contributed by atoms with E-state index >= 15 is 0 Å². The van der Waals surface area contributed by atoms with Crippen LogP contribution in [0, 0.1) is 17.9 Å². The second-order valence-corrected chi connectivity index (χ2v) is 4.44. The summed E-state index contributed by atoms with van der Waals surface area (Å²) < 4.78 is 11.0. The summed E-state index contributed by atoms with van der Waals surface area (Å²) in [7, 11) is 0. The fraction of sp³-hybridized carbons (Fsp3) is 0.909. The molecule has 1 heterocycles. The Morgan fingerprint density at radius 1 is 1.14 bits per heavy atom. The van der Waals surface area contributed by atoms with Crippen molar-refractivity contribution in [2.24, 2.45) is 11.8 Å². The zero-order valence-electron chi connectivity index (χ0n) is 9.65. The van der Waals surface area contributed by atoms with Gasteiger partial charge in [0.1, 0.15) is 20.0 Å². The third-order valence-corrected chi connectivity index (χ3v) is 3.09. The second-order valence-electron chi connectivity index (χ2n) is 4.44. The van der Waals surface area contributed by atoms with Crippen LogP contribution in [-0.4, -0.2) is 23.6 Å². The van der Waals surface area contributed by atoms with Crippen molar-refractivity contribution in [3.63, 3.8) is 0 Å². The smallest absolute Gasteiger partial charge is 0.238 e. The number of aliphatic hydroxyl groups excluding tert-OH is 1. The zero-order valence-corrected chi connectivity index (χ0v) is 9.65. The Kier molecular flexibility index (Phi) is 3.81. The van der Waals surface area contributed by atoms with E-state index in [9.17, 15) is 5.11 Å². The molecule has 1 fully saturated rings. The first-order valence-corrected chi connectivity index (χ1v) is 5.23. The Bertz CT molecular complexity index is 181. The van der Waals surface area contributed by atoms with Crippen LogP contribution in [0.2, 0.25) is 0 Å². The first-order valence-electron chi connectivity index (χ1n) is 5.23. The van der Waals surface area contributed by atoms with E-state index in [0.717, 1.165) is 6.10 Å². The molecule has 0 aromatic rings. The molecule has 1 aliphatic rings. The van der Waals surface area contributed by atoms with Crippen molar-refractivity contribution < 1.29 is 14.6 Å². The lowest BCUT2D eigenvalue weighted by molar-refractivity contribution is -0.261. The van der Waals surface area contributed by atoms with Crippen LogP contribution in [0.25, 0.3) is 0 Å². The lowest BCUT2D eigenvalue weighted by atomic mass is 9.84. The fourth-order valence-corrected chi connectivity index (χ4v) is 1.73. The maximum absolute atomic E-state index is 9.91. The summed E-state index contributed by atoms with van der Waals surface area (Å²) in [4.78, 5) is 0. The summed E-state index contributed by atoms with van der Waals surface area (Å²) in [5.74, 6) is 0.574. The summed E-state index contributed by atoms with van der Waals surface area (Å²) in [6.45, 7) is 9.88. The van der Waals surface area contributed by atoms with E-state index in [1.165, 1.54) is 0 Å². The highest BCUT2D eigenvalue weighted by molar-refractivity contribution is 4.83. The minimum Gasteiger partial charge on any atom is -0.387 e. The summed E-state index contributed by atoms with van der Waals surface area (Å²) in [5.41, 5.74) is 0. The quantitative estimate of drug-likeness (QED) is 0.694. The van der Waals surface area contributed by atoms with Crippen LogP contribution in [0.3, 0.4) is 0 Å². The standard InChI is InChI=1S/C11H21O3/c1-6(2)13-11-10(12)8(4)7(3)9(5)14-11/h7-12H,1-5H3/q+1/t7-,8+,9?,10?,11+/m1/s1. The van der Waals surface area contributed by atoms with Gasteiger partial charge in [-0.25, -0.2) is 0 Å². The molecule has 1 aliphatic heterocycles. The van der Waals surface area contributed by atoms with Gasteiger partial charge in [-0.05, 0) is 18.8 Å². The van der Waals surface area contributed by atoms with E-state index in [1.54, 1.807) is 0 Å². The molecule has 0 spiro atoms. The third-order valence-electron chi connectivity index (χ3n) is 3.09. The summed E-state index contributed by atoms with van der Waals surface area (Å²) >= 11 is 0. The van der Waals surface area contributed by atoms with Gasteiger partial charge in [0.05, 0.1) is 6.10 Å². The van der Waals surface area contributed by atoms with Gasteiger partial charge in [0.25, 0.3) is 0 Å². The Morgan fingerprint density at radius 3 is 2.21 bits per heavy atom. The number of hydrogen-bond donors (Lipinski definition) is 1. The van der Waals surface area contributed by atoms with Crippen molar-refractivity contribution in [3.8, 4) is 0 Å². The minimum atomic E-state index is -0.531. The largest absolute Gasteiger partial charge is 0.387 e. The molecule has 1 N–H and O–H groups in total. The minimum absolute atomic E-state index is 0.137. The van der Waals surface area contributed by atoms with Crippen LogP contribution >= 0.6 is 0 Å². The Labute approximate surface area is 86.4 Å². The SMILES string of the molecule is C[C+](C)O[C@H]1OC(C)[C@H](C)[C@H](C)C1O. The molecule has 0 aromatic heterocycles. The van der Waals surface area contributed by atoms with Gasteiger partial charge in [0.2, 0.25) is 12.4 Å². The van der Waals surface area contributed by atoms with Gasteiger partial charge in [-0.2, -0.15) is 4.74 Å². The van der Waals surface area contributed by atoms with Gasteiger partial charge in [0, 0.05) is 0 Å². The topological polar surface area (TPSA) is 38.7 Å². The van der Waals surface area contributed by atoms with E-state index in [-0.39, 0.29) is 12.0 Å². The maximum atomic E-state index is 9.91. The van der Waals surface area contributed by atoms with Gasteiger partial charge >= 0.3 is 0 Å².